The van der Waals surface area contributed by atoms with E-state index in [9.17, 15) is 5.11 Å². The fourth-order valence-electron chi connectivity index (χ4n) is 8.52. The number of allylic oxidation sites excluding steroid dienone is 1. The molecule has 0 aromatic rings. The van der Waals surface area contributed by atoms with Gasteiger partial charge in [0.05, 0.1) is 6.10 Å². The largest absolute Gasteiger partial charge is 0.393 e. The third kappa shape index (κ3) is 4.09. The van der Waals surface area contributed by atoms with Crippen LogP contribution in [0.2, 0.25) is 0 Å². The van der Waals surface area contributed by atoms with Crippen LogP contribution in [0.3, 0.4) is 0 Å². The molecular weight excluding hydrogens is 376 g/mol. The Labute approximate surface area is 185 Å². The average Bonchev–Trinajstić information content (AvgIpc) is 3.04. The van der Waals surface area contributed by atoms with Crippen molar-refractivity contribution in [3.63, 3.8) is 0 Å². The van der Waals surface area contributed by atoms with Crippen LogP contribution in [0.25, 0.3) is 0 Å². The zero-order valence-electron chi connectivity index (χ0n) is 19.4. The Balaban J connectivity index is 1.51. The van der Waals surface area contributed by atoms with Crippen LogP contribution in [0.1, 0.15) is 98.3 Å². The molecule has 166 valence electrons. The van der Waals surface area contributed by atoms with E-state index in [1.807, 2.05) is 0 Å². The first-order valence-electron chi connectivity index (χ1n) is 12.8. The van der Waals surface area contributed by atoms with Gasteiger partial charge in [-0.1, -0.05) is 58.1 Å². The van der Waals surface area contributed by atoms with E-state index in [0.29, 0.717) is 11.3 Å². The van der Waals surface area contributed by atoms with Gasteiger partial charge in [-0.05, 0) is 98.2 Å². The van der Waals surface area contributed by atoms with Crippen molar-refractivity contribution in [1.29, 1.82) is 0 Å². The van der Waals surface area contributed by atoms with E-state index in [4.69, 9.17) is 11.6 Å². The quantitative estimate of drug-likeness (QED) is 0.346. The first-order chi connectivity index (χ1) is 13.8. The molecule has 4 aliphatic rings. The zero-order valence-corrected chi connectivity index (χ0v) is 20.2. The highest BCUT2D eigenvalue weighted by Gasteiger charge is 2.56. The minimum absolute atomic E-state index is 0.118. The third-order valence-corrected chi connectivity index (χ3v) is 10.3. The molecule has 0 radical (unpaired) electrons. The van der Waals surface area contributed by atoms with Crippen molar-refractivity contribution in [2.75, 3.05) is 5.88 Å². The van der Waals surface area contributed by atoms with E-state index in [0.717, 1.165) is 60.6 Å². The smallest absolute Gasteiger partial charge is 0.0580 e. The second kappa shape index (κ2) is 8.85. The molecule has 0 aliphatic heterocycles. The van der Waals surface area contributed by atoms with Crippen LogP contribution in [0.5, 0.6) is 0 Å². The lowest BCUT2D eigenvalue weighted by atomic mass is 9.51. The Morgan fingerprint density at radius 3 is 2.59 bits per heavy atom. The molecule has 0 bridgehead atoms. The first-order valence-corrected chi connectivity index (χ1v) is 13.3. The number of aliphatic hydroxyl groups excluding tert-OH is 1. The van der Waals surface area contributed by atoms with Crippen molar-refractivity contribution in [2.24, 2.45) is 46.8 Å². The third-order valence-electron chi connectivity index (χ3n) is 9.94. The van der Waals surface area contributed by atoms with Crippen LogP contribution in [0.4, 0.5) is 0 Å². The SMILES string of the molecule is CC(C)CCC[C@@H](C)[C@H]1CC[C@H]2[C@@H]3CC(CCl)C4=C(CC[C@H](O)C4)[C@H]3CC[C@]12C. The number of rotatable bonds is 6. The van der Waals surface area contributed by atoms with E-state index < -0.39 is 0 Å². The first kappa shape index (κ1) is 22.2. The summed E-state index contributed by atoms with van der Waals surface area (Å²) in [5.41, 5.74) is 3.90. The summed E-state index contributed by atoms with van der Waals surface area (Å²) in [4.78, 5) is 0. The molecule has 1 unspecified atom stereocenters. The Bertz CT molecular complexity index is 610. The molecule has 0 spiro atoms. The molecule has 0 aromatic carbocycles. The van der Waals surface area contributed by atoms with E-state index in [1.54, 1.807) is 11.1 Å². The molecule has 0 aromatic heterocycles. The molecule has 1 nitrogen and oxygen atoms in total. The van der Waals surface area contributed by atoms with Crippen molar-refractivity contribution in [3.8, 4) is 0 Å². The topological polar surface area (TPSA) is 20.2 Å². The van der Waals surface area contributed by atoms with Crippen LogP contribution in [-0.4, -0.2) is 17.1 Å². The predicted octanol–water partition coefficient (Wildman–Crippen LogP) is 7.61. The predicted molar refractivity (Wildman–Crippen MR) is 124 cm³/mol. The van der Waals surface area contributed by atoms with Crippen molar-refractivity contribution in [1.82, 2.24) is 0 Å². The van der Waals surface area contributed by atoms with Gasteiger partial charge in [0.25, 0.3) is 0 Å². The van der Waals surface area contributed by atoms with Crippen molar-refractivity contribution < 1.29 is 5.11 Å². The lowest BCUT2D eigenvalue weighted by molar-refractivity contribution is -0.0108. The second-order valence-electron chi connectivity index (χ2n) is 11.9. The molecule has 0 saturated heterocycles. The monoisotopic (exact) mass is 420 g/mol. The van der Waals surface area contributed by atoms with Gasteiger partial charge in [0.2, 0.25) is 0 Å². The molecule has 2 fully saturated rings. The summed E-state index contributed by atoms with van der Waals surface area (Å²) in [7, 11) is 0. The van der Waals surface area contributed by atoms with Gasteiger partial charge in [0, 0.05) is 5.88 Å². The van der Waals surface area contributed by atoms with Crippen molar-refractivity contribution in [3.05, 3.63) is 11.1 Å². The summed E-state index contributed by atoms with van der Waals surface area (Å²) in [6.45, 7) is 9.97. The molecular formula is C27H45ClO. The Morgan fingerprint density at radius 1 is 1.07 bits per heavy atom. The van der Waals surface area contributed by atoms with Crippen LogP contribution in [0, 0.1) is 46.8 Å². The maximum absolute atomic E-state index is 10.3. The van der Waals surface area contributed by atoms with Crippen LogP contribution in [-0.2, 0) is 0 Å². The summed E-state index contributed by atoms with van der Waals surface area (Å²) in [6, 6.07) is 0. The minimum atomic E-state index is -0.118. The summed E-state index contributed by atoms with van der Waals surface area (Å²) in [5.74, 6) is 6.52. The number of hydrogen-bond acceptors (Lipinski definition) is 1. The molecule has 4 aliphatic carbocycles. The lowest BCUT2D eigenvalue weighted by Gasteiger charge is -2.54. The molecule has 0 heterocycles. The average molecular weight is 421 g/mol. The molecule has 1 N–H and O–H groups in total. The number of hydrogen-bond donors (Lipinski definition) is 1. The fraction of sp³-hybridized carbons (Fsp3) is 0.926. The van der Waals surface area contributed by atoms with E-state index >= 15 is 0 Å². The fourth-order valence-corrected chi connectivity index (χ4v) is 8.83. The summed E-state index contributed by atoms with van der Waals surface area (Å²) >= 11 is 6.50. The normalized spacial score (nSPS) is 43.1. The molecule has 4 rings (SSSR count). The Kier molecular flexibility index (Phi) is 6.78. The maximum Gasteiger partial charge on any atom is 0.0580 e. The van der Waals surface area contributed by atoms with Gasteiger partial charge in [0.1, 0.15) is 0 Å². The number of fused-ring (bicyclic) bond motifs is 4. The molecule has 2 saturated carbocycles. The van der Waals surface area contributed by atoms with Gasteiger partial charge >= 0.3 is 0 Å². The maximum atomic E-state index is 10.3. The van der Waals surface area contributed by atoms with E-state index in [2.05, 4.69) is 27.7 Å². The summed E-state index contributed by atoms with van der Waals surface area (Å²) < 4.78 is 0. The van der Waals surface area contributed by atoms with Gasteiger partial charge in [-0.3, -0.25) is 0 Å². The summed E-state index contributed by atoms with van der Waals surface area (Å²) in [6.07, 6.45) is 14.2. The Hall–Kier alpha value is -0.0100. The highest BCUT2D eigenvalue weighted by atomic mass is 35.5. The number of halogens is 1. The molecule has 2 heteroatoms. The van der Waals surface area contributed by atoms with Gasteiger partial charge < -0.3 is 5.11 Å². The zero-order chi connectivity index (χ0) is 20.8. The van der Waals surface area contributed by atoms with Gasteiger partial charge in [-0.15, -0.1) is 11.6 Å². The molecule has 8 atom stereocenters. The van der Waals surface area contributed by atoms with Gasteiger partial charge in [0.15, 0.2) is 0 Å². The number of alkyl halides is 1. The second-order valence-corrected chi connectivity index (χ2v) is 12.2. The molecule has 29 heavy (non-hydrogen) atoms. The van der Waals surface area contributed by atoms with E-state index in [-0.39, 0.29) is 6.10 Å². The Morgan fingerprint density at radius 2 is 1.86 bits per heavy atom. The van der Waals surface area contributed by atoms with Crippen LogP contribution in [0.15, 0.2) is 11.1 Å². The lowest BCUT2D eigenvalue weighted by Crippen LogP contribution is -2.46. The van der Waals surface area contributed by atoms with Gasteiger partial charge in [-0.25, -0.2) is 0 Å². The summed E-state index contributed by atoms with van der Waals surface area (Å²) in [5, 5.41) is 10.3. The van der Waals surface area contributed by atoms with Crippen LogP contribution < -0.4 is 0 Å². The van der Waals surface area contributed by atoms with Crippen LogP contribution >= 0.6 is 11.6 Å². The highest BCUT2D eigenvalue weighted by molar-refractivity contribution is 6.18. The van der Waals surface area contributed by atoms with Crippen molar-refractivity contribution in [2.45, 2.75) is 104 Å². The number of aliphatic hydroxyl groups is 1. The van der Waals surface area contributed by atoms with Crippen molar-refractivity contribution >= 4 is 11.6 Å². The standard InChI is InChI=1S/C27H45ClO/c1-17(2)6-5-7-18(3)25-10-11-26-24-14-19(16-28)23-15-20(29)8-9-21(23)22(24)12-13-27(25,26)4/h17-20,22,24-26,29H,5-16H2,1-4H3/t18-,19?,20+,22-,24-,25-,26+,27-/m1/s1. The molecule has 0 amide bonds. The van der Waals surface area contributed by atoms with E-state index in [1.165, 1.54) is 51.4 Å². The van der Waals surface area contributed by atoms with Gasteiger partial charge in [-0.2, -0.15) is 0 Å². The highest BCUT2D eigenvalue weighted by Crippen LogP contribution is 2.65. The minimum Gasteiger partial charge on any atom is -0.393 e.